The topological polar surface area (TPSA) is 43.4 Å². The molecule has 4 heteroatoms. The molecule has 0 aliphatic rings. The molecule has 0 unspecified atom stereocenters. The summed E-state index contributed by atoms with van der Waals surface area (Å²) in [6.07, 6.45) is 0.511. The minimum atomic E-state index is -0.385. The lowest BCUT2D eigenvalue weighted by Crippen LogP contribution is -1.96. The third-order valence-electron chi connectivity index (χ3n) is 1.25. The molecular weight excluding hydrogens is 188 g/mol. The van der Waals surface area contributed by atoms with Crippen molar-refractivity contribution in [2.45, 2.75) is 0 Å². The molecular formula is C9H6O3S. The van der Waals surface area contributed by atoms with Crippen LogP contribution in [0, 0.1) is 11.8 Å². The first-order chi connectivity index (χ1) is 6.27. The maximum atomic E-state index is 11.0. The van der Waals surface area contributed by atoms with Crippen molar-refractivity contribution < 1.29 is 14.3 Å². The minimum absolute atomic E-state index is 0.385. The number of hydrogen-bond donors (Lipinski definition) is 0. The van der Waals surface area contributed by atoms with E-state index in [-0.39, 0.29) is 5.97 Å². The molecule has 0 spiro atoms. The molecule has 0 atom stereocenters. The molecule has 0 aliphatic carbocycles. The van der Waals surface area contributed by atoms with Gasteiger partial charge in [0.15, 0.2) is 6.29 Å². The molecule has 3 nitrogen and oxygen atoms in total. The van der Waals surface area contributed by atoms with Gasteiger partial charge in [-0.2, -0.15) is 0 Å². The number of ether oxygens (including phenoxy) is 1. The van der Waals surface area contributed by atoms with Gasteiger partial charge in [0.2, 0.25) is 0 Å². The summed E-state index contributed by atoms with van der Waals surface area (Å²) in [5.74, 6) is 4.46. The Morgan fingerprint density at radius 1 is 1.62 bits per heavy atom. The summed E-state index contributed by atoms with van der Waals surface area (Å²) in [5.41, 5.74) is 0. The van der Waals surface area contributed by atoms with E-state index in [9.17, 15) is 9.59 Å². The van der Waals surface area contributed by atoms with Crippen LogP contribution in [0.3, 0.4) is 0 Å². The van der Waals surface area contributed by atoms with E-state index in [1.165, 1.54) is 18.4 Å². The SMILES string of the molecule is COC(=O)c1ccc(C#CC=O)s1. The van der Waals surface area contributed by atoms with Crippen molar-refractivity contribution in [3.8, 4) is 11.8 Å². The first kappa shape index (κ1) is 9.49. The number of methoxy groups -OCH3 is 1. The molecule has 66 valence electrons. The fourth-order valence-corrected chi connectivity index (χ4v) is 1.50. The summed E-state index contributed by atoms with van der Waals surface area (Å²) in [5, 5.41) is 0. The number of carbonyl (C=O) groups excluding carboxylic acids is 2. The number of aldehydes is 1. The maximum Gasteiger partial charge on any atom is 0.348 e. The Balaban J connectivity index is 2.86. The summed E-state index contributed by atoms with van der Waals surface area (Å²) in [4.78, 5) is 22.0. The Bertz CT molecular complexity index is 381. The second-order valence-corrected chi connectivity index (χ2v) is 3.13. The molecule has 0 N–H and O–H groups in total. The largest absolute Gasteiger partial charge is 0.465 e. The van der Waals surface area contributed by atoms with E-state index in [1.54, 1.807) is 12.1 Å². The second-order valence-electron chi connectivity index (χ2n) is 2.04. The summed E-state index contributed by atoms with van der Waals surface area (Å²) in [6.45, 7) is 0. The van der Waals surface area contributed by atoms with Gasteiger partial charge < -0.3 is 4.74 Å². The zero-order valence-electron chi connectivity index (χ0n) is 6.87. The molecule has 0 aliphatic heterocycles. The first-order valence-corrected chi connectivity index (χ1v) is 4.23. The zero-order chi connectivity index (χ0) is 9.68. The van der Waals surface area contributed by atoms with Crippen molar-refractivity contribution in [2.75, 3.05) is 7.11 Å². The van der Waals surface area contributed by atoms with Crippen molar-refractivity contribution in [1.82, 2.24) is 0 Å². The van der Waals surface area contributed by atoms with E-state index in [0.717, 1.165) is 0 Å². The van der Waals surface area contributed by atoms with Crippen LogP contribution < -0.4 is 0 Å². The van der Waals surface area contributed by atoms with Crippen molar-refractivity contribution in [1.29, 1.82) is 0 Å². The summed E-state index contributed by atoms with van der Waals surface area (Å²) < 4.78 is 4.51. The Morgan fingerprint density at radius 3 is 3.00 bits per heavy atom. The Hall–Kier alpha value is -1.60. The lowest BCUT2D eigenvalue weighted by molar-refractivity contribution is -0.103. The van der Waals surface area contributed by atoms with Gasteiger partial charge in [-0.1, -0.05) is 0 Å². The van der Waals surface area contributed by atoms with E-state index in [0.29, 0.717) is 16.0 Å². The average molecular weight is 194 g/mol. The Kier molecular flexibility index (Phi) is 3.23. The average Bonchev–Trinajstić information content (AvgIpc) is 2.62. The molecule has 13 heavy (non-hydrogen) atoms. The third-order valence-corrected chi connectivity index (χ3v) is 2.23. The highest BCUT2D eigenvalue weighted by molar-refractivity contribution is 7.14. The number of rotatable bonds is 1. The van der Waals surface area contributed by atoms with Crippen LogP contribution >= 0.6 is 11.3 Å². The summed E-state index contributed by atoms with van der Waals surface area (Å²) in [7, 11) is 1.32. The lowest BCUT2D eigenvalue weighted by atomic mass is 10.4. The predicted molar refractivity (Wildman–Crippen MR) is 48.6 cm³/mol. The quantitative estimate of drug-likeness (QED) is 0.382. The van der Waals surface area contributed by atoms with Gasteiger partial charge in [0.05, 0.1) is 12.0 Å². The zero-order valence-corrected chi connectivity index (χ0v) is 7.68. The van der Waals surface area contributed by atoms with E-state index in [2.05, 4.69) is 16.6 Å². The molecule has 0 radical (unpaired) electrons. The Labute approximate surface area is 79.3 Å². The van der Waals surface area contributed by atoms with Gasteiger partial charge >= 0.3 is 5.97 Å². The van der Waals surface area contributed by atoms with E-state index >= 15 is 0 Å². The highest BCUT2D eigenvalue weighted by Crippen LogP contribution is 2.15. The third kappa shape index (κ3) is 2.42. The van der Waals surface area contributed by atoms with Crippen LogP contribution in [-0.4, -0.2) is 19.4 Å². The standard InChI is InChI=1S/C9H6O3S/c1-12-9(11)8-5-4-7(13-8)3-2-6-10/h4-6H,1H3. The van der Waals surface area contributed by atoms with Gasteiger partial charge in [-0.25, -0.2) is 4.79 Å². The number of hydrogen-bond acceptors (Lipinski definition) is 4. The minimum Gasteiger partial charge on any atom is -0.465 e. The van der Waals surface area contributed by atoms with Crippen molar-refractivity contribution in [3.63, 3.8) is 0 Å². The molecule has 1 rings (SSSR count). The van der Waals surface area contributed by atoms with Gasteiger partial charge in [-0.15, -0.1) is 11.3 Å². The van der Waals surface area contributed by atoms with Gasteiger partial charge in [-0.05, 0) is 24.0 Å². The lowest BCUT2D eigenvalue weighted by Gasteiger charge is -1.90. The molecule has 1 aromatic heterocycles. The van der Waals surface area contributed by atoms with Crippen LogP contribution in [0.15, 0.2) is 12.1 Å². The van der Waals surface area contributed by atoms with Gasteiger partial charge in [-0.3, -0.25) is 4.79 Å². The highest BCUT2D eigenvalue weighted by atomic mass is 32.1. The Morgan fingerprint density at radius 2 is 2.38 bits per heavy atom. The molecule has 0 bridgehead atoms. The molecule has 1 heterocycles. The van der Waals surface area contributed by atoms with Crippen molar-refractivity contribution in [2.24, 2.45) is 0 Å². The van der Waals surface area contributed by atoms with Crippen molar-refractivity contribution >= 4 is 23.6 Å². The van der Waals surface area contributed by atoms with Gasteiger partial charge in [0.1, 0.15) is 4.88 Å². The van der Waals surface area contributed by atoms with Crippen LogP contribution in [0.4, 0.5) is 0 Å². The van der Waals surface area contributed by atoms with Gasteiger partial charge in [0, 0.05) is 0 Å². The first-order valence-electron chi connectivity index (χ1n) is 3.41. The van der Waals surface area contributed by atoms with E-state index < -0.39 is 0 Å². The van der Waals surface area contributed by atoms with Crippen LogP contribution in [0.25, 0.3) is 0 Å². The van der Waals surface area contributed by atoms with Crippen molar-refractivity contribution in [3.05, 3.63) is 21.9 Å². The van der Waals surface area contributed by atoms with Crippen LogP contribution in [-0.2, 0) is 9.53 Å². The van der Waals surface area contributed by atoms with E-state index in [4.69, 9.17) is 0 Å². The molecule has 0 saturated carbocycles. The smallest absolute Gasteiger partial charge is 0.348 e. The molecule has 0 aromatic carbocycles. The van der Waals surface area contributed by atoms with Gasteiger partial charge in [0.25, 0.3) is 0 Å². The maximum absolute atomic E-state index is 11.0. The summed E-state index contributed by atoms with van der Waals surface area (Å²) in [6, 6.07) is 3.29. The predicted octanol–water partition coefficient (Wildman–Crippen LogP) is 1.09. The summed E-state index contributed by atoms with van der Waals surface area (Å²) >= 11 is 1.20. The highest BCUT2D eigenvalue weighted by Gasteiger charge is 2.07. The fraction of sp³-hybridized carbons (Fsp3) is 0.111. The normalized spacial score (nSPS) is 8.38. The van der Waals surface area contributed by atoms with Crippen LogP contribution in [0.1, 0.15) is 14.5 Å². The molecule has 0 amide bonds. The molecule has 0 saturated heterocycles. The molecule has 0 fully saturated rings. The van der Waals surface area contributed by atoms with Crippen LogP contribution in [0.5, 0.6) is 0 Å². The molecule has 1 aromatic rings. The monoisotopic (exact) mass is 194 g/mol. The fourth-order valence-electron chi connectivity index (χ4n) is 0.716. The second kappa shape index (κ2) is 4.43. The number of esters is 1. The van der Waals surface area contributed by atoms with Crippen LogP contribution in [0.2, 0.25) is 0 Å². The number of carbonyl (C=O) groups is 2. The van der Waals surface area contributed by atoms with E-state index in [1.807, 2.05) is 0 Å². The number of thiophene rings is 1.